The number of ketones is 1. The topological polar surface area (TPSA) is 35.5 Å². The van der Waals surface area contributed by atoms with E-state index in [1.165, 1.54) is 11.3 Å². The third-order valence-electron chi connectivity index (χ3n) is 2.91. The predicted octanol–water partition coefficient (Wildman–Crippen LogP) is 4.45. The van der Waals surface area contributed by atoms with Gasteiger partial charge in [-0.3, -0.25) is 4.79 Å². The summed E-state index contributed by atoms with van der Waals surface area (Å²) < 4.78 is 11.1. The summed E-state index contributed by atoms with van der Waals surface area (Å²) in [6.07, 6.45) is 0.798. The zero-order valence-corrected chi connectivity index (χ0v) is 12.6. The van der Waals surface area contributed by atoms with Crippen LogP contribution in [0.2, 0.25) is 10.0 Å². The van der Waals surface area contributed by atoms with Gasteiger partial charge in [-0.25, -0.2) is 0 Å². The molecule has 3 nitrogen and oxygen atoms in total. The van der Waals surface area contributed by atoms with Crippen molar-refractivity contribution in [3.8, 4) is 11.5 Å². The SMILES string of the molecule is O=C(c1cc2c(cc1Cl)OCCCO2)c1sccc1Cl. The Bertz CT molecular complexity index is 666. The molecule has 20 heavy (non-hydrogen) atoms. The highest BCUT2D eigenvalue weighted by molar-refractivity contribution is 7.13. The van der Waals surface area contributed by atoms with Crippen molar-refractivity contribution in [2.24, 2.45) is 0 Å². The monoisotopic (exact) mass is 328 g/mol. The van der Waals surface area contributed by atoms with E-state index in [-0.39, 0.29) is 5.78 Å². The van der Waals surface area contributed by atoms with Crippen LogP contribution in [0, 0.1) is 0 Å². The van der Waals surface area contributed by atoms with Crippen molar-refractivity contribution < 1.29 is 14.3 Å². The average Bonchev–Trinajstić information content (AvgIpc) is 2.72. The Morgan fingerprint density at radius 2 is 1.80 bits per heavy atom. The largest absolute Gasteiger partial charge is 0.490 e. The number of thiophene rings is 1. The first-order valence-electron chi connectivity index (χ1n) is 6.03. The molecule has 6 heteroatoms. The van der Waals surface area contributed by atoms with Crippen molar-refractivity contribution in [3.05, 3.63) is 44.1 Å². The standard InChI is InChI=1S/C14H10Cl2O3S/c15-9-2-5-20-14(9)13(17)8-6-11-12(7-10(8)16)19-4-1-3-18-11/h2,5-7H,1,3-4H2. The van der Waals surface area contributed by atoms with Crippen LogP contribution in [0.4, 0.5) is 0 Å². The van der Waals surface area contributed by atoms with E-state index >= 15 is 0 Å². The van der Waals surface area contributed by atoms with E-state index in [2.05, 4.69) is 0 Å². The summed E-state index contributed by atoms with van der Waals surface area (Å²) in [6.45, 7) is 1.13. The van der Waals surface area contributed by atoms with Crippen molar-refractivity contribution in [2.75, 3.05) is 13.2 Å². The van der Waals surface area contributed by atoms with E-state index < -0.39 is 0 Å². The van der Waals surface area contributed by atoms with Gasteiger partial charge in [0.2, 0.25) is 5.78 Å². The molecule has 1 aliphatic rings. The van der Waals surface area contributed by atoms with Crippen LogP contribution in [0.5, 0.6) is 11.5 Å². The number of fused-ring (bicyclic) bond motifs is 1. The fraction of sp³-hybridized carbons (Fsp3) is 0.214. The third kappa shape index (κ3) is 2.51. The van der Waals surface area contributed by atoms with Crippen molar-refractivity contribution >= 4 is 40.3 Å². The lowest BCUT2D eigenvalue weighted by Gasteiger charge is -2.10. The molecule has 1 aromatic heterocycles. The Balaban J connectivity index is 2.04. The van der Waals surface area contributed by atoms with Gasteiger partial charge in [-0.1, -0.05) is 23.2 Å². The highest BCUT2D eigenvalue weighted by Crippen LogP contribution is 2.37. The molecule has 0 spiro atoms. The van der Waals surface area contributed by atoms with Gasteiger partial charge in [0.1, 0.15) is 0 Å². The first kappa shape index (κ1) is 13.7. The maximum absolute atomic E-state index is 12.5. The lowest BCUT2D eigenvalue weighted by molar-refractivity contribution is 0.104. The van der Waals surface area contributed by atoms with Gasteiger partial charge < -0.3 is 9.47 Å². The molecule has 0 saturated heterocycles. The molecule has 0 atom stereocenters. The summed E-state index contributed by atoms with van der Waals surface area (Å²) in [5.74, 6) is 0.912. The summed E-state index contributed by atoms with van der Waals surface area (Å²) in [6, 6.07) is 4.94. The summed E-state index contributed by atoms with van der Waals surface area (Å²) in [5, 5.41) is 2.54. The molecular formula is C14H10Cl2O3S. The zero-order chi connectivity index (χ0) is 14.1. The first-order chi connectivity index (χ1) is 9.66. The van der Waals surface area contributed by atoms with Crippen molar-refractivity contribution in [1.29, 1.82) is 0 Å². The summed E-state index contributed by atoms with van der Waals surface area (Å²) in [5.41, 5.74) is 0.375. The van der Waals surface area contributed by atoms with Crippen LogP contribution < -0.4 is 9.47 Å². The molecule has 0 N–H and O–H groups in total. The van der Waals surface area contributed by atoms with Gasteiger partial charge in [0.05, 0.1) is 28.1 Å². The van der Waals surface area contributed by atoms with Crippen LogP contribution in [0.25, 0.3) is 0 Å². The van der Waals surface area contributed by atoms with Gasteiger partial charge in [0.25, 0.3) is 0 Å². The molecule has 0 aliphatic carbocycles. The molecule has 0 saturated carbocycles. The lowest BCUT2D eigenvalue weighted by Crippen LogP contribution is -2.02. The van der Waals surface area contributed by atoms with Crippen LogP contribution in [0.3, 0.4) is 0 Å². The maximum atomic E-state index is 12.5. The van der Waals surface area contributed by atoms with Crippen LogP contribution in [-0.2, 0) is 0 Å². The Kier molecular flexibility index (Phi) is 3.87. The number of benzene rings is 1. The van der Waals surface area contributed by atoms with Crippen molar-refractivity contribution in [2.45, 2.75) is 6.42 Å². The molecule has 2 aromatic rings. The van der Waals surface area contributed by atoms with E-state index in [9.17, 15) is 4.79 Å². The Hall–Kier alpha value is -1.23. The van der Waals surface area contributed by atoms with Gasteiger partial charge in [-0.05, 0) is 17.5 Å². The summed E-state index contributed by atoms with van der Waals surface area (Å²) >= 11 is 13.5. The number of hydrogen-bond donors (Lipinski definition) is 0. The van der Waals surface area contributed by atoms with E-state index in [0.717, 1.165) is 6.42 Å². The minimum Gasteiger partial charge on any atom is -0.490 e. The highest BCUT2D eigenvalue weighted by Gasteiger charge is 2.21. The summed E-state index contributed by atoms with van der Waals surface area (Å²) in [7, 11) is 0. The number of rotatable bonds is 2. The van der Waals surface area contributed by atoms with Gasteiger partial charge in [-0.15, -0.1) is 11.3 Å². The molecule has 1 aromatic carbocycles. The van der Waals surface area contributed by atoms with Crippen LogP contribution in [-0.4, -0.2) is 19.0 Å². The Labute approximate surface area is 130 Å². The van der Waals surface area contributed by atoms with E-state index in [1.807, 2.05) is 0 Å². The second-order valence-corrected chi connectivity index (χ2v) is 5.99. The zero-order valence-electron chi connectivity index (χ0n) is 10.3. The highest BCUT2D eigenvalue weighted by atomic mass is 35.5. The van der Waals surface area contributed by atoms with Gasteiger partial charge in [0.15, 0.2) is 11.5 Å². The van der Waals surface area contributed by atoms with Crippen molar-refractivity contribution in [3.63, 3.8) is 0 Å². The minimum atomic E-state index is -0.203. The van der Waals surface area contributed by atoms with Crippen LogP contribution >= 0.6 is 34.5 Å². The number of carbonyl (C=O) groups is 1. The Morgan fingerprint density at radius 1 is 1.10 bits per heavy atom. The molecule has 104 valence electrons. The van der Waals surface area contributed by atoms with Crippen LogP contribution in [0.1, 0.15) is 21.7 Å². The van der Waals surface area contributed by atoms with E-state index in [0.29, 0.717) is 45.2 Å². The van der Waals surface area contributed by atoms with E-state index in [1.54, 1.807) is 23.6 Å². The molecule has 1 aliphatic heterocycles. The fourth-order valence-electron chi connectivity index (χ4n) is 1.94. The smallest absolute Gasteiger partial charge is 0.206 e. The summed E-state index contributed by atoms with van der Waals surface area (Å²) in [4.78, 5) is 12.9. The molecule has 0 fully saturated rings. The predicted molar refractivity (Wildman–Crippen MR) is 79.8 cm³/mol. The second kappa shape index (κ2) is 5.64. The van der Waals surface area contributed by atoms with Gasteiger partial charge in [0, 0.05) is 18.1 Å². The number of ether oxygens (including phenoxy) is 2. The average molecular weight is 329 g/mol. The molecule has 2 heterocycles. The fourth-order valence-corrected chi connectivity index (χ4v) is 3.27. The van der Waals surface area contributed by atoms with Gasteiger partial charge >= 0.3 is 0 Å². The first-order valence-corrected chi connectivity index (χ1v) is 7.67. The molecule has 3 rings (SSSR count). The quantitative estimate of drug-likeness (QED) is 0.764. The number of hydrogen-bond acceptors (Lipinski definition) is 4. The van der Waals surface area contributed by atoms with E-state index in [4.69, 9.17) is 32.7 Å². The third-order valence-corrected chi connectivity index (χ3v) is 4.56. The molecular weight excluding hydrogens is 319 g/mol. The van der Waals surface area contributed by atoms with Crippen LogP contribution in [0.15, 0.2) is 23.6 Å². The molecule has 0 radical (unpaired) electrons. The normalized spacial score (nSPS) is 13.9. The molecule has 0 bridgehead atoms. The van der Waals surface area contributed by atoms with Gasteiger partial charge in [-0.2, -0.15) is 0 Å². The van der Waals surface area contributed by atoms with Crippen molar-refractivity contribution in [1.82, 2.24) is 0 Å². The number of carbonyl (C=O) groups excluding carboxylic acids is 1. The second-order valence-electron chi connectivity index (χ2n) is 4.26. The number of halogens is 2. The minimum absolute atomic E-state index is 0.203. The lowest BCUT2D eigenvalue weighted by atomic mass is 10.1. The molecule has 0 unspecified atom stereocenters. The Morgan fingerprint density at radius 3 is 2.45 bits per heavy atom. The molecule has 0 amide bonds. The maximum Gasteiger partial charge on any atom is 0.206 e.